The summed E-state index contributed by atoms with van der Waals surface area (Å²) >= 11 is 11.6. The minimum absolute atomic E-state index is 0.265. The highest BCUT2D eigenvalue weighted by molar-refractivity contribution is 6.35. The van der Waals surface area contributed by atoms with E-state index in [1.165, 1.54) is 0 Å². The number of nitrogens with two attached hydrogens (primary N) is 1. The first-order valence-corrected chi connectivity index (χ1v) is 4.55. The largest absolute Gasteiger partial charge is 0.324 e. The van der Waals surface area contributed by atoms with E-state index in [4.69, 9.17) is 28.9 Å². The number of hydrogen-bond donors (Lipinski definition) is 1. The third-order valence-corrected chi connectivity index (χ3v) is 2.27. The first kappa shape index (κ1) is 10.5. The Balaban J connectivity index is 2.94. The molecule has 0 aliphatic heterocycles. The smallest absolute Gasteiger partial charge is 0.121 e. The molecule has 0 spiro atoms. The predicted octanol–water partition coefficient (Wildman–Crippen LogP) is 2.58. The topological polar surface area (TPSA) is 43.1 Å². The number of rotatable bonds is 3. The van der Waals surface area contributed by atoms with Gasteiger partial charge >= 0.3 is 0 Å². The fraction of sp³-hybridized carbons (Fsp3) is 0.222. The Kier molecular flexibility index (Phi) is 3.72. The summed E-state index contributed by atoms with van der Waals surface area (Å²) in [7, 11) is 0. The van der Waals surface area contributed by atoms with Gasteiger partial charge in [-0.1, -0.05) is 29.3 Å². The third-order valence-electron chi connectivity index (χ3n) is 1.71. The zero-order chi connectivity index (χ0) is 9.84. The van der Waals surface area contributed by atoms with Crippen LogP contribution in [0.3, 0.4) is 0 Å². The first-order valence-electron chi connectivity index (χ1n) is 3.79. The van der Waals surface area contributed by atoms with E-state index in [0.29, 0.717) is 10.0 Å². The number of carbonyl (C=O) groups excluding carboxylic acids is 1. The summed E-state index contributed by atoms with van der Waals surface area (Å²) in [5.41, 5.74) is 6.45. The van der Waals surface area contributed by atoms with Crippen LogP contribution in [0.15, 0.2) is 18.2 Å². The van der Waals surface area contributed by atoms with E-state index in [-0.39, 0.29) is 12.5 Å². The quantitative estimate of drug-likeness (QED) is 0.792. The molecule has 1 aromatic rings. The van der Waals surface area contributed by atoms with Gasteiger partial charge in [0.1, 0.15) is 6.29 Å². The summed E-state index contributed by atoms with van der Waals surface area (Å²) in [6.45, 7) is 0. The van der Waals surface area contributed by atoms with Gasteiger partial charge in [-0.3, -0.25) is 0 Å². The van der Waals surface area contributed by atoms with Crippen molar-refractivity contribution in [1.82, 2.24) is 0 Å². The Bertz CT molecular complexity index is 314. The molecule has 0 aromatic heterocycles. The van der Waals surface area contributed by atoms with Gasteiger partial charge in [0.05, 0.1) is 0 Å². The van der Waals surface area contributed by atoms with Crippen molar-refractivity contribution in [3.05, 3.63) is 33.8 Å². The van der Waals surface area contributed by atoms with Gasteiger partial charge in [0.2, 0.25) is 0 Å². The highest BCUT2D eigenvalue weighted by Gasteiger charge is 2.09. The molecule has 0 radical (unpaired) electrons. The molecule has 70 valence electrons. The molecule has 0 saturated carbocycles. The molecular weight excluding hydrogens is 209 g/mol. The molecule has 0 bridgehead atoms. The Labute approximate surface area is 86.6 Å². The Morgan fingerprint density at radius 2 is 2.15 bits per heavy atom. The normalized spacial score (nSPS) is 12.5. The molecule has 0 fully saturated rings. The zero-order valence-corrected chi connectivity index (χ0v) is 8.35. The zero-order valence-electron chi connectivity index (χ0n) is 6.84. The summed E-state index contributed by atoms with van der Waals surface area (Å²) < 4.78 is 0. The van der Waals surface area contributed by atoms with Gasteiger partial charge in [-0.2, -0.15) is 0 Å². The molecule has 0 heterocycles. The molecule has 0 saturated heterocycles. The van der Waals surface area contributed by atoms with E-state index in [2.05, 4.69) is 0 Å². The molecule has 1 aromatic carbocycles. The Morgan fingerprint density at radius 3 is 2.69 bits per heavy atom. The Morgan fingerprint density at radius 1 is 1.46 bits per heavy atom. The molecule has 4 heteroatoms. The second-order valence-corrected chi connectivity index (χ2v) is 3.52. The van der Waals surface area contributed by atoms with Crippen LogP contribution in [0.2, 0.25) is 10.0 Å². The maximum Gasteiger partial charge on any atom is 0.121 e. The van der Waals surface area contributed by atoms with Crippen LogP contribution in [0.5, 0.6) is 0 Å². The SMILES string of the molecule is NC(CC=O)c1ccc(Cl)cc1Cl. The van der Waals surface area contributed by atoms with E-state index < -0.39 is 0 Å². The molecule has 2 N–H and O–H groups in total. The van der Waals surface area contributed by atoms with Crippen LogP contribution >= 0.6 is 23.2 Å². The van der Waals surface area contributed by atoms with E-state index in [1.807, 2.05) is 0 Å². The summed E-state index contributed by atoms with van der Waals surface area (Å²) in [4.78, 5) is 10.2. The van der Waals surface area contributed by atoms with Crippen LogP contribution in [0.25, 0.3) is 0 Å². The van der Waals surface area contributed by atoms with Gasteiger partial charge in [0.15, 0.2) is 0 Å². The van der Waals surface area contributed by atoms with Crippen molar-refractivity contribution >= 4 is 29.5 Å². The monoisotopic (exact) mass is 217 g/mol. The Hall–Kier alpha value is -0.570. The third kappa shape index (κ3) is 2.69. The van der Waals surface area contributed by atoms with Crippen molar-refractivity contribution in [2.24, 2.45) is 5.73 Å². The highest BCUT2D eigenvalue weighted by atomic mass is 35.5. The van der Waals surface area contributed by atoms with Gasteiger partial charge in [-0.25, -0.2) is 0 Å². The van der Waals surface area contributed by atoms with Crippen molar-refractivity contribution in [2.45, 2.75) is 12.5 Å². The molecule has 1 atom stereocenters. The molecule has 0 amide bonds. The van der Waals surface area contributed by atoms with Gasteiger partial charge in [0.25, 0.3) is 0 Å². The molecule has 2 nitrogen and oxygen atoms in total. The molecule has 0 aliphatic carbocycles. The van der Waals surface area contributed by atoms with Crippen LogP contribution in [-0.4, -0.2) is 6.29 Å². The van der Waals surface area contributed by atoms with E-state index in [0.717, 1.165) is 11.8 Å². The van der Waals surface area contributed by atoms with Gasteiger partial charge in [-0.15, -0.1) is 0 Å². The molecule has 13 heavy (non-hydrogen) atoms. The van der Waals surface area contributed by atoms with Crippen LogP contribution < -0.4 is 5.73 Å². The van der Waals surface area contributed by atoms with Gasteiger partial charge in [0, 0.05) is 22.5 Å². The highest BCUT2D eigenvalue weighted by Crippen LogP contribution is 2.25. The fourth-order valence-electron chi connectivity index (χ4n) is 1.03. The average Bonchev–Trinajstić information content (AvgIpc) is 2.04. The first-order chi connectivity index (χ1) is 6.15. The maximum absolute atomic E-state index is 10.2. The molecule has 1 unspecified atom stereocenters. The second kappa shape index (κ2) is 4.61. The molecule has 0 aliphatic rings. The second-order valence-electron chi connectivity index (χ2n) is 2.67. The van der Waals surface area contributed by atoms with Crippen molar-refractivity contribution in [2.75, 3.05) is 0 Å². The van der Waals surface area contributed by atoms with Crippen LogP contribution in [-0.2, 0) is 4.79 Å². The van der Waals surface area contributed by atoms with E-state index in [9.17, 15) is 4.79 Å². The van der Waals surface area contributed by atoms with Crippen LogP contribution in [0.4, 0.5) is 0 Å². The summed E-state index contributed by atoms with van der Waals surface area (Å²) in [5.74, 6) is 0. The van der Waals surface area contributed by atoms with Crippen molar-refractivity contribution in [3.8, 4) is 0 Å². The lowest BCUT2D eigenvalue weighted by Crippen LogP contribution is -2.10. The van der Waals surface area contributed by atoms with E-state index in [1.54, 1.807) is 18.2 Å². The number of benzene rings is 1. The summed E-state index contributed by atoms with van der Waals surface area (Å²) in [6.07, 6.45) is 1.04. The molecular formula is C9H9Cl2NO. The van der Waals surface area contributed by atoms with Gasteiger partial charge < -0.3 is 10.5 Å². The average molecular weight is 218 g/mol. The summed E-state index contributed by atoms with van der Waals surface area (Å²) in [6, 6.07) is 4.71. The fourth-order valence-corrected chi connectivity index (χ4v) is 1.58. The maximum atomic E-state index is 10.2. The summed E-state index contributed by atoms with van der Waals surface area (Å²) in [5, 5.41) is 1.06. The minimum Gasteiger partial charge on any atom is -0.324 e. The lowest BCUT2D eigenvalue weighted by molar-refractivity contribution is -0.108. The van der Waals surface area contributed by atoms with Crippen LogP contribution in [0, 0.1) is 0 Å². The number of halogens is 2. The number of hydrogen-bond acceptors (Lipinski definition) is 2. The van der Waals surface area contributed by atoms with Crippen molar-refractivity contribution < 1.29 is 4.79 Å². The standard InChI is InChI=1S/C9H9Cl2NO/c10-6-1-2-7(8(11)5-6)9(12)3-4-13/h1-2,4-5,9H,3,12H2. The predicted molar refractivity (Wildman–Crippen MR) is 54.1 cm³/mol. The lowest BCUT2D eigenvalue weighted by atomic mass is 10.1. The minimum atomic E-state index is -0.345. The number of aldehydes is 1. The van der Waals surface area contributed by atoms with Crippen molar-refractivity contribution in [1.29, 1.82) is 0 Å². The van der Waals surface area contributed by atoms with E-state index >= 15 is 0 Å². The van der Waals surface area contributed by atoms with Crippen molar-refractivity contribution in [3.63, 3.8) is 0 Å². The molecule has 1 rings (SSSR count). The van der Waals surface area contributed by atoms with Crippen LogP contribution in [0.1, 0.15) is 18.0 Å². The number of carbonyl (C=O) groups is 1. The lowest BCUT2D eigenvalue weighted by Gasteiger charge is -2.10. The van der Waals surface area contributed by atoms with Gasteiger partial charge in [-0.05, 0) is 17.7 Å².